The van der Waals surface area contributed by atoms with Gasteiger partial charge in [-0.2, -0.15) is 0 Å². The summed E-state index contributed by atoms with van der Waals surface area (Å²) in [6.07, 6.45) is 1.39. The molecule has 0 aromatic heterocycles. The van der Waals surface area contributed by atoms with Gasteiger partial charge in [-0.1, -0.05) is 55.8 Å². The minimum Gasteiger partial charge on any atom is -0.354 e. The van der Waals surface area contributed by atoms with Crippen molar-refractivity contribution >= 4 is 23.4 Å². The Morgan fingerprint density at radius 3 is 2.39 bits per heavy atom. The summed E-state index contributed by atoms with van der Waals surface area (Å²) in [4.78, 5) is 27.3. The molecule has 0 heterocycles. The maximum Gasteiger partial charge on any atom is 0.242 e. The van der Waals surface area contributed by atoms with Crippen LogP contribution >= 0.6 is 11.6 Å². The number of nitrogens with one attached hydrogen (secondary N) is 1. The summed E-state index contributed by atoms with van der Waals surface area (Å²) < 4.78 is 13.2. The van der Waals surface area contributed by atoms with Gasteiger partial charge in [0.1, 0.15) is 11.9 Å². The number of rotatable bonds is 9. The average molecular weight is 405 g/mol. The van der Waals surface area contributed by atoms with Crippen molar-refractivity contribution in [3.8, 4) is 0 Å². The van der Waals surface area contributed by atoms with Gasteiger partial charge in [-0.15, -0.1) is 0 Å². The minimum absolute atomic E-state index is 0.0957. The van der Waals surface area contributed by atoms with Crippen molar-refractivity contribution in [2.45, 2.75) is 45.7 Å². The molecule has 0 spiro atoms. The van der Waals surface area contributed by atoms with Crippen LogP contribution in [0, 0.1) is 5.82 Å². The molecule has 0 aliphatic heterocycles. The first kappa shape index (κ1) is 21.9. The molecule has 2 amide bonds. The first-order valence-corrected chi connectivity index (χ1v) is 9.89. The molecule has 0 saturated heterocycles. The van der Waals surface area contributed by atoms with Crippen molar-refractivity contribution in [1.82, 2.24) is 10.2 Å². The van der Waals surface area contributed by atoms with Gasteiger partial charge in [-0.05, 0) is 42.2 Å². The van der Waals surface area contributed by atoms with Gasteiger partial charge in [0, 0.05) is 18.1 Å². The summed E-state index contributed by atoms with van der Waals surface area (Å²) in [6.45, 7) is 4.62. The smallest absolute Gasteiger partial charge is 0.242 e. The molecule has 0 aliphatic carbocycles. The number of hydrogen-bond donors (Lipinski definition) is 1. The van der Waals surface area contributed by atoms with Crippen LogP contribution in [0.5, 0.6) is 0 Å². The van der Waals surface area contributed by atoms with E-state index in [1.165, 1.54) is 12.1 Å². The normalized spacial score (nSPS) is 11.7. The summed E-state index contributed by atoms with van der Waals surface area (Å²) in [7, 11) is 0. The maximum absolute atomic E-state index is 13.2. The van der Waals surface area contributed by atoms with Crippen molar-refractivity contribution in [2.24, 2.45) is 0 Å². The fraction of sp³-hybridized carbons (Fsp3) is 0.364. The number of carbonyl (C=O) groups excluding carboxylic acids is 2. The number of halogens is 2. The van der Waals surface area contributed by atoms with Crippen LogP contribution in [0.15, 0.2) is 48.5 Å². The third-order valence-corrected chi connectivity index (χ3v) is 4.87. The summed E-state index contributed by atoms with van der Waals surface area (Å²) in [5.41, 5.74) is 1.47. The Balaban J connectivity index is 2.27. The molecule has 0 unspecified atom stereocenters. The molecule has 0 bridgehead atoms. The molecule has 0 aliphatic rings. The van der Waals surface area contributed by atoms with E-state index in [4.69, 9.17) is 11.6 Å². The third-order valence-electron chi connectivity index (χ3n) is 4.50. The molecular weight excluding hydrogens is 379 g/mol. The fourth-order valence-corrected chi connectivity index (χ4v) is 3.18. The highest BCUT2D eigenvalue weighted by Gasteiger charge is 2.28. The monoisotopic (exact) mass is 404 g/mol. The lowest BCUT2D eigenvalue weighted by Crippen LogP contribution is -2.49. The van der Waals surface area contributed by atoms with Crippen molar-refractivity contribution in [1.29, 1.82) is 0 Å². The number of amides is 2. The molecular formula is C22H26ClFN2O2. The van der Waals surface area contributed by atoms with E-state index in [9.17, 15) is 14.0 Å². The Bertz CT molecular complexity index is 795. The highest BCUT2D eigenvalue weighted by molar-refractivity contribution is 6.31. The summed E-state index contributed by atoms with van der Waals surface area (Å²) >= 11 is 6.20. The second-order valence-corrected chi connectivity index (χ2v) is 7.04. The van der Waals surface area contributed by atoms with Gasteiger partial charge in [0.2, 0.25) is 11.8 Å². The SMILES string of the molecule is CCCNC(=O)[C@@H](CC)N(Cc1ccc(F)cc1)C(=O)Cc1ccccc1Cl. The van der Waals surface area contributed by atoms with Gasteiger partial charge < -0.3 is 10.2 Å². The van der Waals surface area contributed by atoms with E-state index < -0.39 is 6.04 Å². The van der Waals surface area contributed by atoms with Gasteiger partial charge in [-0.25, -0.2) is 4.39 Å². The minimum atomic E-state index is -0.605. The van der Waals surface area contributed by atoms with E-state index in [1.54, 1.807) is 35.2 Å². The number of benzene rings is 2. The van der Waals surface area contributed by atoms with Crippen LogP contribution in [0.4, 0.5) is 4.39 Å². The molecule has 2 aromatic carbocycles. The zero-order valence-corrected chi connectivity index (χ0v) is 17.0. The summed E-state index contributed by atoms with van der Waals surface area (Å²) in [5.74, 6) is -0.722. The highest BCUT2D eigenvalue weighted by Crippen LogP contribution is 2.19. The van der Waals surface area contributed by atoms with Crippen molar-refractivity contribution in [2.75, 3.05) is 6.54 Å². The van der Waals surface area contributed by atoms with E-state index in [0.29, 0.717) is 23.6 Å². The predicted octanol–water partition coefficient (Wildman–Crippen LogP) is 4.36. The lowest BCUT2D eigenvalue weighted by atomic mass is 10.1. The Morgan fingerprint density at radius 2 is 1.79 bits per heavy atom. The van der Waals surface area contributed by atoms with Crippen LogP contribution in [0.1, 0.15) is 37.8 Å². The van der Waals surface area contributed by atoms with Crippen LogP contribution in [-0.4, -0.2) is 29.3 Å². The Hall–Kier alpha value is -2.40. The first-order valence-electron chi connectivity index (χ1n) is 9.51. The number of nitrogens with zero attached hydrogens (tertiary/aromatic N) is 1. The van der Waals surface area contributed by atoms with Crippen LogP contribution < -0.4 is 5.32 Å². The molecule has 28 heavy (non-hydrogen) atoms. The molecule has 1 atom stereocenters. The Labute approximate surface area is 170 Å². The van der Waals surface area contributed by atoms with Crippen molar-refractivity contribution < 1.29 is 14.0 Å². The van der Waals surface area contributed by atoms with Gasteiger partial charge in [-0.3, -0.25) is 9.59 Å². The summed E-state index contributed by atoms with van der Waals surface area (Å²) in [6, 6.07) is 12.5. The third kappa shape index (κ3) is 6.06. The van der Waals surface area contributed by atoms with E-state index in [2.05, 4.69) is 5.32 Å². The summed E-state index contributed by atoms with van der Waals surface area (Å²) in [5, 5.41) is 3.38. The average Bonchev–Trinajstić information content (AvgIpc) is 2.69. The molecule has 0 fully saturated rings. The molecule has 150 valence electrons. The molecule has 4 nitrogen and oxygen atoms in total. The molecule has 2 aromatic rings. The van der Waals surface area contributed by atoms with Crippen LogP contribution in [0.3, 0.4) is 0 Å². The quantitative estimate of drug-likeness (QED) is 0.675. The maximum atomic E-state index is 13.2. The highest BCUT2D eigenvalue weighted by atomic mass is 35.5. The number of carbonyl (C=O) groups is 2. The Morgan fingerprint density at radius 1 is 1.11 bits per heavy atom. The van der Waals surface area contributed by atoms with E-state index in [-0.39, 0.29) is 30.6 Å². The van der Waals surface area contributed by atoms with Crippen LogP contribution in [-0.2, 0) is 22.6 Å². The van der Waals surface area contributed by atoms with Gasteiger partial charge in [0.05, 0.1) is 6.42 Å². The lowest BCUT2D eigenvalue weighted by molar-refractivity contribution is -0.140. The Kier molecular flexibility index (Phi) is 8.45. The largest absolute Gasteiger partial charge is 0.354 e. The lowest BCUT2D eigenvalue weighted by Gasteiger charge is -2.31. The van der Waals surface area contributed by atoms with E-state index >= 15 is 0 Å². The predicted molar refractivity (Wildman–Crippen MR) is 109 cm³/mol. The van der Waals surface area contributed by atoms with E-state index in [1.807, 2.05) is 19.9 Å². The first-order chi connectivity index (χ1) is 13.5. The fourth-order valence-electron chi connectivity index (χ4n) is 2.98. The van der Waals surface area contributed by atoms with Crippen molar-refractivity contribution in [3.63, 3.8) is 0 Å². The molecule has 1 N–H and O–H groups in total. The topological polar surface area (TPSA) is 49.4 Å². The van der Waals surface area contributed by atoms with Crippen molar-refractivity contribution in [3.05, 3.63) is 70.5 Å². The molecule has 2 rings (SSSR count). The molecule has 0 saturated carbocycles. The zero-order valence-electron chi connectivity index (χ0n) is 16.3. The van der Waals surface area contributed by atoms with Gasteiger partial charge >= 0.3 is 0 Å². The van der Waals surface area contributed by atoms with E-state index in [0.717, 1.165) is 12.0 Å². The standard InChI is InChI=1S/C22H26ClFN2O2/c1-3-13-25-22(28)20(4-2)26(15-16-9-11-18(24)12-10-16)21(27)14-17-7-5-6-8-19(17)23/h5-12,20H,3-4,13-15H2,1-2H3,(H,25,28)/t20-/m1/s1. The zero-order chi connectivity index (χ0) is 20.5. The van der Waals surface area contributed by atoms with Gasteiger partial charge in [0.15, 0.2) is 0 Å². The van der Waals surface area contributed by atoms with Crippen LogP contribution in [0.2, 0.25) is 5.02 Å². The second kappa shape index (κ2) is 10.8. The molecule has 6 heteroatoms. The number of hydrogen-bond acceptors (Lipinski definition) is 2. The second-order valence-electron chi connectivity index (χ2n) is 6.63. The molecule has 0 radical (unpaired) electrons. The van der Waals surface area contributed by atoms with Crippen LogP contribution in [0.25, 0.3) is 0 Å². The van der Waals surface area contributed by atoms with Gasteiger partial charge in [0.25, 0.3) is 0 Å².